The molecule has 0 spiro atoms. The largest absolute Gasteiger partial charge is 0.337 e. The van der Waals surface area contributed by atoms with E-state index in [1.165, 1.54) is 24.4 Å². The number of nitro groups is 1. The maximum Gasteiger partial charge on any atom is 0.280 e. The highest BCUT2D eigenvalue weighted by Crippen LogP contribution is 2.34. The molecule has 0 unspecified atom stereocenters. The number of halogens is 4. The van der Waals surface area contributed by atoms with Crippen molar-refractivity contribution in [3.05, 3.63) is 69.4 Å². The third-order valence-corrected chi connectivity index (χ3v) is 3.66. The number of nitrogens with one attached hydrogen (secondary N) is 1. The highest BCUT2D eigenvalue weighted by atomic mass is 19.2. The third-order valence-electron chi connectivity index (χ3n) is 3.66. The van der Waals surface area contributed by atoms with Gasteiger partial charge in [0.1, 0.15) is 5.82 Å². The van der Waals surface area contributed by atoms with Crippen molar-refractivity contribution in [3.63, 3.8) is 0 Å². The number of fused-ring (bicyclic) bond motifs is 1. The Morgan fingerprint density at radius 1 is 1.04 bits per heavy atom. The van der Waals surface area contributed by atoms with Crippen LogP contribution in [0.15, 0.2) is 30.5 Å². The first-order chi connectivity index (χ1) is 11.8. The van der Waals surface area contributed by atoms with Crippen molar-refractivity contribution in [1.82, 2.24) is 4.98 Å². The Morgan fingerprint density at radius 2 is 1.76 bits per heavy atom. The number of anilines is 2. The van der Waals surface area contributed by atoms with Gasteiger partial charge in [0.15, 0.2) is 23.3 Å². The van der Waals surface area contributed by atoms with Crippen molar-refractivity contribution in [2.75, 3.05) is 5.32 Å². The van der Waals surface area contributed by atoms with Crippen LogP contribution in [0.1, 0.15) is 5.56 Å². The lowest BCUT2D eigenvalue weighted by atomic mass is 10.1. The minimum Gasteiger partial charge on any atom is -0.337 e. The van der Waals surface area contributed by atoms with Crippen LogP contribution in [0.5, 0.6) is 0 Å². The molecule has 3 aromatic rings. The van der Waals surface area contributed by atoms with Crippen LogP contribution in [0.2, 0.25) is 0 Å². The van der Waals surface area contributed by atoms with Gasteiger partial charge in [0.25, 0.3) is 5.69 Å². The van der Waals surface area contributed by atoms with Crippen LogP contribution in [0.3, 0.4) is 0 Å². The van der Waals surface area contributed by atoms with E-state index in [1.807, 2.05) is 0 Å². The van der Waals surface area contributed by atoms with Gasteiger partial charge in [-0.25, -0.2) is 22.5 Å². The van der Waals surface area contributed by atoms with Crippen LogP contribution in [0.25, 0.3) is 10.8 Å². The fourth-order valence-corrected chi connectivity index (χ4v) is 2.48. The first kappa shape index (κ1) is 16.6. The second kappa shape index (κ2) is 6.00. The Kier molecular flexibility index (Phi) is 3.99. The van der Waals surface area contributed by atoms with E-state index >= 15 is 0 Å². The van der Waals surface area contributed by atoms with E-state index in [4.69, 9.17) is 0 Å². The molecule has 0 aliphatic heterocycles. The molecule has 2 aromatic carbocycles. The summed E-state index contributed by atoms with van der Waals surface area (Å²) < 4.78 is 53.5. The molecule has 3 rings (SSSR count). The minimum atomic E-state index is -1.97. The van der Waals surface area contributed by atoms with Crippen LogP contribution in [-0.4, -0.2) is 9.91 Å². The summed E-state index contributed by atoms with van der Waals surface area (Å²) >= 11 is 0. The topological polar surface area (TPSA) is 68.1 Å². The molecule has 0 radical (unpaired) electrons. The van der Waals surface area contributed by atoms with Crippen LogP contribution >= 0.6 is 0 Å². The zero-order valence-electron chi connectivity index (χ0n) is 12.6. The van der Waals surface area contributed by atoms with Crippen molar-refractivity contribution < 1.29 is 22.5 Å². The van der Waals surface area contributed by atoms with E-state index in [2.05, 4.69) is 10.3 Å². The second-order valence-electron chi connectivity index (χ2n) is 5.22. The SMILES string of the molecule is Cc1ccc2c(Nc3cc(F)c(F)c(F)c3F)nccc2c1[N+](=O)[O-]. The fraction of sp³-hybridized carbons (Fsp3) is 0.0625. The molecule has 128 valence electrons. The van der Waals surface area contributed by atoms with E-state index in [1.54, 1.807) is 6.92 Å². The summed E-state index contributed by atoms with van der Waals surface area (Å²) in [6.45, 7) is 1.55. The summed E-state index contributed by atoms with van der Waals surface area (Å²) in [7, 11) is 0. The molecular weight excluding hydrogens is 342 g/mol. The average molecular weight is 351 g/mol. The normalized spacial score (nSPS) is 10.9. The Labute approximate surface area is 138 Å². The van der Waals surface area contributed by atoms with Gasteiger partial charge in [-0.05, 0) is 19.1 Å². The molecular formula is C16H9F4N3O2. The van der Waals surface area contributed by atoms with Crippen LogP contribution in [-0.2, 0) is 0 Å². The molecule has 1 heterocycles. The Bertz CT molecular complexity index is 1020. The number of benzene rings is 2. The molecule has 0 saturated carbocycles. The van der Waals surface area contributed by atoms with E-state index in [0.29, 0.717) is 11.6 Å². The number of nitrogens with zero attached hydrogens (tertiary/aromatic N) is 2. The summed E-state index contributed by atoms with van der Waals surface area (Å²) in [6.07, 6.45) is 1.23. The van der Waals surface area contributed by atoms with Gasteiger partial charge in [-0.3, -0.25) is 10.1 Å². The van der Waals surface area contributed by atoms with Crippen molar-refractivity contribution in [2.24, 2.45) is 0 Å². The van der Waals surface area contributed by atoms with Gasteiger partial charge in [0, 0.05) is 23.2 Å². The molecule has 1 aromatic heterocycles. The lowest BCUT2D eigenvalue weighted by molar-refractivity contribution is -0.383. The van der Waals surface area contributed by atoms with Gasteiger partial charge >= 0.3 is 0 Å². The Hall–Kier alpha value is -3.23. The van der Waals surface area contributed by atoms with Crippen molar-refractivity contribution >= 4 is 28.0 Å². The Morgan fingerprint density at radius 3 is 2.44 bits per heavy atom. The molecule has 0 aliphatic carbocycles. The predicted molar refractivity (Wildman–Crippen MR) is 82.7 cm³/mol. The summed E-state index contributed by atoms with van der Waals surface area (Å²) in [4.78, 5) is 14.6. The number of hydrogen-bond donors (Lipinski definition) is 1. The van der Waals surface area contributed by atoms with Gasteiger partial charge in [-0.1, -0.05) is 6.07 Å². The molecule has 0 bridgehead atoms. The smallest absolute Gasteiger partial charge is 0.280 e. The summed E-state index contributed by atoms with van der Waals surface area (Å²) in [6, 6.07) is 4.81. The monoisotopic (exact) mass is 351 g/mol. The number of rotatable bonds is 3. The lowest BCUT2D eigenvalue weighted by Gasteiger charge is -2.11. The van der Waals surface area contributed by atoms with Crippen molar-refractivity contribution in [1.29, 1.82) is 0 Å². The first-order valence-electron chi connectivity index (χ1n) is 6.94. The number of hydrogen-bond acceptors (Lipinski definition) is 4. The van der Waals surface area contributed by atoms with Crippen molar-refractivity contribution in [3.8, 4) is 0 Å². The molecule has 1 N–H and O–H groups in total. The van der Waals surface area contributed by atoms with Gasteiger partial charge in [-0.15, -0.1) is 0 Å². The summed E-state index contributed by atoms with van der Waals surface area (Å²) in [5.41, 5.74) is -0.445. The lowest BCUT2D eigenvalue weighted by Crippen LogP contribution is -2.04. The third kappa shape index (κ3) is 2.73. The zero-order chi connectivity index (χ0) is 18.3. The molecule has 0 atom stereocenters. The van der Waals surface area contributed by atoms with Gasteiger partial charge in [0.2, 0.25) is 0 Å². The maximum atomic E-state index is 13.8. The van der Waals surface area contributed by atoms with Gasteiger partial charge in [-0.2, -0.15) is 0 Å². The standard InChI is InChI=1S/C16H9F4N3O2/c1-7-2-3-9-8(15(7)23(24)25)4-5-21-16(9)22-11-6-10(17)12(18)14(20)13(11)19/h2-6H,1H3,(H,21,22). The second-order valence-corrected chi connectivity index (χ2v) is 5.22. The van der Waals surface area contributed by atoms with Gasteiger partial charge in [0.05, 0.1) is 16.0 Å². The molecule has 9 heteroatoms. The molecule has 0 fully saturated rings. The first-order valence-corrected chi connectivity index (χ1v) is 6.94. The molecule has 5 nitrogen and oxygen atoms in total. The van der Waals surface area contributed by atoms with Gasteiger partial charge < -0.3 is 5.32 Å². The van der Waals surface area contributed by atoms with Crippen LogP contribution in [0, 0.1) is 40.3 Å². The summed E-state index contributed by atoms with van der Waals surface area (Å²) in [5.74, 6) is -7.17. The predicted octanol–water partition coefficient (Wildman–Crippen LogP) is 4.75. The van der Waals surface area contributed by atoms with E-state index < -0.39 is 33.9 Å². The van der Waals surface area contributed by atoms with E-state index in [9.17, 15) is 27.7 Å². The number of nitro benzene ring substituents is 1. The zero-order valence-corrected chi connectivity index (χ0v) is 12.6. The maximum absolute atomic E-state index is 13.8. The highest BCUT2D eigenvalue weighted by Gasteiger charge is 2.21. The number of pyridine rings is 1. The number of aryl methyl sites for hydroxylation is 1. The van der Waals surface area contributed by atoms with Crippen molar-refractivity contribution in [2.45, 2.75) is 6.92 Å². The Balaban J connectivity index is 2.19. The van der Waals surface area contributed by atoms with E-state index in [-0.39, 0.29) is 22.3 Å². The molecule has 0 saturated heterocycles. The molecule has 0 amide bonds. The fourth-order valence-electron chi connectivity index (χ4n) is 2.48. The summed E-state index contributed by atoms with van der Waals surface area (Å²) in [5, 5.41) is 14.1. The number of aromatic nitrogens is 1. The molecule has 0 aliphatic rings. The van der Waals surface area contributed by atoms with Crippen LogP contribution in [0.4, 0.5) is 34.8 Å². The van der Waals surface area contributed by atoms with Crippen LogP contribution < -0.4 is 5.32 Å². The van der Waals surface area contributed by atoms with E-state index in [0.717, 1.165) is 0 Å². The average Bonchev–Trinajstić information content (AvgIpc) is 2.57. The quantitative estimate of drug-likeness (QED) is 0.243. The highest BCUT2D eigenvalue weighted by molar-refractivity contribution is 5.99. The minimum absolute atomic E-state index is 0.0649. The molecule has 25 heavy (non-hydrogen) atoms.